The van der Waals surface area contributed by atoms with E-state index in [1.54, 1.807) is 7.11 Å². The molecule has 1 saturated heterocycles. The number of hydrogen-bond donors (Lipinski definition) is 0. The molecule has 1 aromatic heterocycles. The number of hydrogen-bond acceptors (Lipinski definition) is 5. The first-order chi connectivity index (χ1) is 13.2. The van der Waals surface area contributed by atoms with E-state index in [0.717, 1.165) is 49.8 Å². The van der Waals surface area contributed by atoms with Gasteiger partial charge < -0.3 is 9.47 Å². The van der Waals surface area contributed by atoms with Crippen LogP contribution in [0.25, 0.3) is 10.8 Å². The molecule has 140 valence electrons. The summed E-state index contributed by atoms with van der Waals surface area (Å²) in [6, 6.07) is 12.7. The molecule has 1 unspecified atom stereocenters. The zero-order valence-electron chi connectivity index (χ0n) is 15.9. The van der Waals surface area contributed by atoms with E-state index in [9.17, 15) is 0 Å². The van der Waals surface area contributed by atoms with Gasteiger partial charge in [-0.1, -0.05) is 25.1 Å². The Morgan fingerprint density at radius 2 is 1.89 bits per heavy atom. The molecule has 2 heterocycles. The van der Waals surface area contributed by atoms with E-state index >= 15 is 0 Å². The molecular formula is C22H25N3O2. The Balaban J connectivity index is 1.47. The summed E-state index contributed by atoms with van der Waals surface area (Å²) in [5.74, 6) is 1.78. The fraction of sp³-hybridized carbons (Fsp3) is 0.364. The lowest BCUT2D eigenvalue weighted by Crippen LogP contribution is -2.37. The zero-order chi connectivity index (χ0) is 18.6. The maximum Gasteiger partial charge on any atom is 0.127 e. The van der Waals surface area contributed by atoms with E-state index in [0.29, 0.717) is 0 Å². The number of nitrogens with zero attached hydrogens (tertiary/aromatic N) is 3. The van der Waals surface area contributed by atoms with Gasteiger partial charge in [-0.05, 0) is 34.5 Å². The predicted molar refractivity (Wildman–Crippen MR) is 106 cm³/mol. The lowest BCUT2D eigenvalue weighted by Gasteiger charge is -2.33. The van der Waals surface area contributed by atoms with Crippen LogP contribution in [-0.2, 0) is 17.7 Å². The minimum atomic E-state index is 0.0843. The molecule has 4 rings (SSSR count). The molecule has 0 bridgehead atoms. The van der Waals surface area contributed by atoms with Crippen molar-refractivity contribution in [1.82, 2.24) is 14.9 Å². The number of fused-ring (bicyclic) bond motifs is 1. The standard InChI is InChI=1S/C22H25N3O2/c1-3-22-23-12-16(13-24-22)14-25-8-9-27-21(15-25)19-5-4-18-11-20(26-2)7-6-17(18)10-19/h4-7,10-13,21H,3,8-9,14-15H2,1-2H3. The monoisotopic (exact) mass is 363 g/mol. The fourth-order valence-corrected chi connectivity index (χ4v) is 3.52. The molecule has 0 radical (unpaired) electrons. The van der Waals surface area contributed by atoms with Crippen molar-refractivity contribution in [1.29, 1.82) is 0 Å². The van der Waals surface area contributed by atoms with Crippen molar-refractivity contribution in [3.63, 3.8) is 0 Å². The molecule has 1 aliphatic rings. The first-order valence-electron chi connectivity index (χ1n) is 9.46. The maximum atomic E-state index is 6.06. The van der Waals surface area contributed by atoms with E-state index in [4.69, 9.17) is 9.47 Å². The van der Waals surface area contributed by atoms with Gasteiger partial charge in [-0.25, -0.2) is 9.97 Å². The highest BCUT2D eigenvalue weighted by molar-refractivity contribution is 5.84. The van der Waals surface area contributed by atoms with Gasteiger partial charge in [0.1, 0.15) is 11.6 Å². The fourth-order valence-electron chi connectivity index (χ4n) is 3.52. The van der Waals surface area contributed by atoms with E-state index in [2.05, 4.69) is 52.1 Å². The van der Waals surface area contributed by atoms with Gasteiger partial charge in [0.2, 0.25) is 0 Å². The SMILES string of the molecule is CCc1ncc(CN2CCOC(c3ccc4cc(OC)ccc4c3)C2)cn1. The van der Waals surface area contributed by atoms with Gasteiger partial charge in [0.05, 0.1) is 19.8 Å². The van der Waals surface area contributed by atoms with Crippen LogP contribution in [0.15, 0.2) is 48.8 Å². The van der Waals surface area contributed by atoms with Gasteiger partial charge >= 0.3 is 0 Å². The summed E-state index contributed by atoms with van der Waals surface area (Å²) >= 11 is 0. The second-order valence-electron chi connectivity index (χ2n) is 6.93. The Labute approximate surface area is 160 Å². The number of ether oxygens (including phenoxy) is 2. The molecule has 1 atom stereocenters. The lowest BCUT2D eigenvalue weighted by molar-refractivity contribution is -0.0329. The summed E-state index contributed by atoms with van der Waals surface area (Å²) in [4.78, 5) is 11.2. The number of methoxy groups -OCH3 is 1. The van der Waals surface area contributed by atoms with Gasteiger partial charge in [0.15, 0.2) is 0 Å². The largest absolute Gasteiger partial charge is 0.497 e. The molecule has 0 spiro atoms. The average Bonchev–Trinajstić information content (AvgIpc) is 2.73. The molecule has 1 aliphatic heterocycles. The van der Waals surface area contributed by atoms with Crippen molar-refractivity contribution in [2.75, 3.05) is 26.8 Å². The van der Waals surface area contributed by atoms with E-state index in [-0.39, 0.29) is 6.10 Å². The second kappa shape index (κ2) is 8.03. The smallest absolute Gasteiger partial charge is 0.127 e. The summed E-state index contributed by atoms with van der Waals surface area (Å²) in [5, 5.41) is 2.39. The molecule has 1 fully saturated rings. The maximum absolute atomic E-state index is 6.06. The topological polar surface area (TPSA) is 47.5 Å². The molecule has 0 N–H and O–H groups in total. The van der Waals surface area contributed by atoms with Crippen LogP contribution in [0.1, 0.15) is 30.0 Å². The lowest BCUT2D eigenvalue weighted by atomic mass is 10.0. The van der Waals surface area contributed by atoms with E-state index in [1.807, 2.05) is 18.5 Å². The Morgan fingerprint density at radius 1 is 1.11 bits per heavy atom. The molecule has 0 aliphatic carbocycles. The Morgan fingerprint density at radius 3 is 2.67 bits per heavy atom. The third-order valence-corrected chi connectivity index (χ3v) is 5.08. The van der Waals surface area contributed by atoms with Gasteiger partial charge in [-0.15, -0.1) is 0 Å². The molecule has 2 aromatic carbocycles. The van der Waals surface area contributed by atoms with Crippen LogP contribution >= 0.6 is 0 Å². The van der Waals surface area contributed by atoms with Crippen molar-refractivity contribution in [2.45, 2.75) is 26.0 Å². The first-order valence-corrected chi connectivity index (χ1v) is 9.46. The molecular weight excluding hydrogens is 338 g/mol. The number of aromatic nitrogens is 2. The van der Waals surface area contributed by atoms with Crippen LogP contribution in [0.2, 0.25) is 0 Å². The number of rotatable bonds is 5. The van der Waals surface area contributed by atoms with Gasteiger partial charge in [-0.3, -0.25) is 4.90 Å². The average molecular weight is 363 g/mol. The molecule has 0 amide bonds. The molecule has 5 heteroatoms. The summed E-state index contributed by atoms with van der Waals surface area (Å²) in [7, 11) is 1.70. The molecule has 3 aromatic rings. The van der Waals surface area contributed by atoms with Crippen molar-refractivity contribution >= 4 is 10.8 Å². The highest BCUT2D eigenvalue weighted by atomic mass is 16.5. The third-order valence-electron chi connectivity index (χ3n) is 5.08. The Bertz CT molecular complexity index is 911. The molecule has 5 nitrogen and oxygen atoms in total. The first kappa shape index (κ1) is 17.9. The van der Waals surface area contributed by atoms with Crippen molar-refractivity contribution in [3.8, 4) is 5.75 Å². The quantitative estimate of drug-likeness (QED) is 0.690. The minimum Gasteiger partial charge on any atom is -0.497 e. The Hall–Kier alpha value is -2.50. The Kier molecular flexibility index (Phi) is 5.32. The summed E-state index contributed by atoms with van der Waals surface area (Å²) in [5.41, 5.74) is 2.37. The van der Waals surface area contributed by atoms with Gasteiger partial charge in [0, 0.05) is 44.0 Å². The highest BCUT2D eigenvalue weighted by Gasteiger charge is 2.22. The van der Waals surface area contributed by atoms with Crippen LogP contribution in [0.4, 0.5) is 0 Å². The van der Waals surface area contributed by atoms with Crippen LogP contribution < -0.4 is 4.74 Å². The number of aryl methyl sites for hydroxylation is 1. The third kappa shape index (κ3) is 4.10. The van der Waals surface area contributed by atoms with Crippen LogP contribution in [-0.4, -0.2) is 41.7 Å². The second-order valence-corrected chi connectivity index (χ2v) is 6.93. The zero-order valence-corrected chi connectivity index (χ0v) is 15.9. The number of morpholine rings is 1. The summed E-state index contributed by atoms with van der Waals surface area (Å²) < 4.78 is 11.4. The number of benzene rings is 2. The molecule has 0 saturated carbocycles. The van der Waals surface area contributed by atoms with Gasteiger partial charge in [0.25, 0.3) is 0 Å². The summed E-state index contributed by atoms with van der Waals surface area (Å²) in [6.45, 7) is 5.46. The predicted octanol–water partition coefficient (Wildman–Crippen LogP) is 3.77. The van der Waals surface area contributed by atoms with Crippen LogP contribution in [0.3, 0.4) is 0 Å². The van der Waals surface area contributed by atoms with Gasteiger partial charge in [-0.2, -0.15) is 0 Å². The molecule has 27 heavy (non-hydrogen) atoms. The normalized spacial score (nSPS) is 17.9. The van der Waals surface area contributed by atoms with Crippen molar-refractivity contribution in [2.24, 2.45) is 0 Å². The van der Waals surface area contributed by atoms with Crippen LogP contribution in [0.5, 0.6) is 5.75 Å². The van der Waals surface area contributed by atoms with E-state index in [1.165, 1.54) is 16.3 Å². The highest BCUT2D eigenvalue weighted by Crippen LogP contribution is 2.28. The minimum absolute atomic E-state index is 0.0843. The van der Waals surface area contributed by atoms with Crippen molar-refractivity contribution in [3.05, 3.63) is 65.7 Å². The summed E-state index contributed by atoms with van der Waals surface area (Å²) in [6.07, 6.45) is 4.84. The van der Waals surface area contributed by atoms with Crippen molar-refractivity contribution < 1.29 is 9.47 Å². The van der Waals surface area contributed by atoms with Crippen LogP contribution in [0, 0.1) is 0 Å². The van der Waals surface area contributed by atoms with E-state index < -0.39 is 0 Å².